The molecule has 126 valence electrons. The molecular formula is C20H23NO3. The van der Waals surface area contributed by atoms with Gasteiger partial charge in [0, 0.05) is 13.0 Å². The van der Waals surface area contributed by atoms with Gasteiger partial charge in [0.2, 0.25) is 5.91 Å². The van der Waals surface area contributed by atoms with Crippen LogP contribution >= 0.6 is 0 Å². The summed E-state index contributed by atoms with van der Waals surface area (Å²) in [6, 6.07) is 15.0. The van der Waals surface area contributed by atoms with Gasteiger partial charge in [-0.2, -0.15) is 0 Å². The first kappa shape index (κ1) is 17.7. The first-order valence-electron chi connectivity index (χ1n) is 8.11. The molecule has 24 heavy (non-hydrogen) atoms. The third-order valence-electron chi connectivity index (χ3n) is 4.09. The van der Waals surface area contributed by atoms with Gasteiger partial charge in [-0.1, -0.05) is 48.9 Å². The van der Waals surface area contributed by atoms with Gasteiger partial charge in [0.15, 0.2) is 0 Å². The van der Waals surface area contributed by atoms with Gasteiger partial charge >= 0.3 is 5.97 Å². The van der Waals surface area contributed by atoms with E-state index in [1.165, 1.54) is 11.1 Å². The fraction of sp³-hybridized carbons (Fsp3) is 0.300. The van der Waals surface area contributed by atoms with E-state index in [0.29, 0.717) is 19.4 Å². The van der Waals surface area contributed by atoms with Crippen molar-refractivity contribution < 1.29 is 14.7 Å². The number of carboxylic acids is 1. The molecule has 0 aliphatic heterocycles. The number of hydrogen-bond acceptors (Lipinski definition) is 2. The van der Waals surface area contributed by atoms with Crippen LogP contribution in [0.25, 0.3) is 0 Å². The van der Waals surface area contributed by atoms with Crippen molar-refractivity contribution in [3.63, 3.8) is 0 Å². The molecule has 0 radical (unpaired) electrons. The molecule has 0 spiro atoms. The first-order valence-corrected chi connectivity index (χ1v) is 8.11. The third kappa shape index (κ3) is 5.23. The summed E-state index contributed by atoms with van der Waals surface area (Å²) < 4.78 is 0. The number of amides is 1. The zero-order valence-corrected chi connectivity index (χ0v) is 14.1. The Morgan fingerprint density at radius 2 is 1.67 bits per heavy atom. The molecule has 2 N–H and O–H groups in total. The van der Waals surface area contributed by atoms with Crippen molar-refractivity contribution in [2.45, 2.75) is 32.6 Å². The Morgan fingerprint density at radius 3 is 2.25 bits per heavy atom. The van der Waals surface area contributed by atoms with Crippen LogP contribution in [0, 0.1) is 6.92 Å². The molecule has 2 aromatic rings. The number of hydrogen-bond donors (Lipinski definition) is 2. The van der Waals surface area contributed by atoms with E-state index in [9.17, 15) is 9.59 Å². The van der Waals surface area contributed by atoms with Crippen LogP contribution in [0.15, 0.2) is 48.5 Å². The summed E-state index contributed by atoms with van der Waals surface area (Å²) in [5.41, 5.74) is 3.66. The molecule has 0 aliphatic rings. The first-order chi connectivity index (χ1) is 11.5. The lowest BCUT2D eigenvalue weighted by molar-refractivity contribution is -0.121. The van der Waals surface area contributed by atoms with Crippen molar-refractivity contribution in [2.75, 3.05) is 6.54 Å². The van der Waals surface area contributed by atoms with E-state index in [1.54, 1.807) is 24.3 Å². The SMILES string of the molecule is Cc1ccc(C(C)CNC(=O)CCc2ccc(C(=O)O)cc2)cc1. The highest BCUT2D eigenvalue weighted by Crippen LogP contribution is 2.15. The smallest absolute Gasteiger partial charge is 0.335 e. The highest BCUT2D eigenvalue weighted by molar-refractivity contribution is 5.87. The standard InChI is InChI=1S/C20H23NO3/c1-14-3-8-17(9-4-14)15(2)13-21-19(22)12-7-16-5-10-18(11-6-16)20(23)24/h3-6,8-11,15H,7,12-13H2,1-2H3,(H,21,22)(H,23,24). The van der Waals surface area contributed by atoms with Crippen molar-refractivity contribution >= 4 is 11.9 Å². The molecule has 4 nitrogen and oxygen atoms in total. The Morgan fingerprint density at radius 1 is 1.04 bits per heavy atom. The van der Waals surface area contributed by atoms with Crippen molar-refractivity contribution in [1.82, 2.24) is 5.32 Å². The molecule has 0 saturated heterocycles. The maximum absolute atomic E-state index is 12.0. The Labute approximate surface area is 142 Å². The minimum Gasteiger partial charge on any atom is -0.478 e. The molecule has 2 rings (SSSR count). The molecule has 0 saturated carbocycles. The van der Waals surface area contributed by atoms with Crippen molar-refractivity contribution in [1.29, 1.82) is 0 Å². The second-order valence-electron chi connectivity index (χ2n) is 6.12. The summed E-state index contributed by atoms with van der Waals surface area (Å²) >= 11 is 0. The number of carboxylic acid groups (broad SMARTS) is 1. The van der Waals surface area contributed by atoms with Crippen LogP contribution in [0.2, 0.25) is 0 Å². The molecule has 1 unspecified atom stereocenters. The largest absolute Gasteiger partial charge is 0.478 e. The van der Waals surface area contributed by atoms with Gasteiger partial charge in [-0.15, -0.1) is 0 Å². The lowest BCUT2D eigenvalue weighted by atomic mass is 10.00. The molecule has 1 amide bonds. The molecule has 0 heterocycles. The predicted octanol–water partition coefficient (Wildman–Crippen LogP) is 3.55. The van der Waals surface area contributed by atoms with E-state index >= 15 is 0 Å². The van der Waals surface area contributed by atoms with Gasteiger partial charge < -0.3 is 10.4 Å². The average Bonchev–Trinajstić information content (AvgIpc) is 2.58. The summed E-state index contributed by atoms with van der Waals surface area (Å²) in [4.78, 5) is 22.8. The van der Waals surface area contributed by atoms with Gasteiger partial charge in [-0.05, 0) is 42.5 Å². The van der Waals surface area contributed by atoms with Crippen LogP contribution in [-0.2, 0) is 11.2 Å². The molecule has 0 aliphatic carbocycles. The molecular weight excluding hydrogens is 302 g/mol. The van der Waals surface area contributed by atoms with Gasteiger partial charge in [-0.3, -0.25) is 4.79 Å². The van der Waals surface area contributed by atoms with Gasteiger partial charge in [-0.25, -0.2) is 4.79 Å². The van der Waals surface area contributed by atoms with E-state index in [4.69, 9.17) is 5.11 Å². The molecule has 4 heteroatoms. The number of aryl methyl sites for hydroxylation is 2. The minimum absolute atomic E-state index is 0.0104. The number of benzene rings is 2. The fourth-order valence-corrected chi connectivity index (χ4v) is 2.44. The van der Waals surface area contributed by atoms with Crippen LogP contribution in [0.5, 0.6) is 0 Å². The van der Waals surface area contributed by atoms with Crippen molar-refractivity contribution in [3.05, 3.63) is 70.8 Å². The number of nitrogens with one attached hydrogen (secondary N) is 1. The number of carbonyl (C=O) groups is 2. The van der Waals surface area contributed by atoms with E-state index in [0.717, 1.165) is 5.56 Å². The van der Waals surface area contributed by atoms with Gasteiger partial charge in [0.1, 0.15) is 0 Å². The average molecular weight is 325 g/mol. The monoisotopic (exact) mass is 325 g/mol. The van der Waals surface area contributed by atoms with Crippen molar-refractivity contribution in [2.24, 2.45) is 0 Å². The van der Waals surface area contributed by atoms with Gasteiger partial charge in [0.25, 0.3) is 0 Å². The topological polar surface area (TPSA) is 66.4 Å². The second kappa shape index (κ2) is 8.29. The Kier molecular flexibility index (Phi) is 6.13. The zero-order chi connectivity index (χ0) is 17.5. The van der Waals surface area contributed by atoms with E-state index in [2.05, 4.69) is 43.4 Å². The highest BCUT2D eigenvalue weighted by Gasteiger charge is 2.08. The Balaban J connectivity index is 1.76. The molecule has 0 aromatic heterocycles. The van der Waals surface area contributed by atoms with E-state index < -0.39 is 5.97 Å². The summed E-state index contributed by atoms with van der Waals surface area (Å²) in [6.45, 7) is 4.76. The molecule has 0 bridgehead atoms. The van der Waals surface area contributed by atoms with E-state index in [-0.39, 0.29) is 17.4 Å². The lowest BCUT2D eigenvalue weighted by Crippen LogP contribution is -2.27. The van der Waals surface area contributed by atoms with Gasteiger partial charge in [0.05, 0.1) is 5.56 Å². The maximum atomic E-state index is 12.0. The lowest BCUT2D eigenvalue weighted by Gasteiger charge is -2.13. The molecule has 2 aromatic carbocycles. The quantitative estimate of drug-likeness (QED) is 0.818. The molecule has 0 fully saturated rings. The second-order valence-corrected chi connectivity index (χ2v) is 6.12. The number of aromatic carboxylic acids is 1. The van der Waals surface area contributed by atoms with Crippen LogP contribution in [0.4, 0.5) is 0 Å². The maximum Gasteiger partial charge on any atom is 0.335 e. The summed E-state index contributed by atoms with van der Waals surface area (Å²) in [5, 5.41) is 11.8. The zero-order valence-electron chi connectivity index (χ0n) is 14.1. The predicted molar refractivity (Wildman–Crippen MR) is 94.3 cm³/mol. The van der Waals surface area contributed by atoms with Crippen molar-refractivity contribution in [3.8, 4) is 0 Å². The van der Waals surface area contributed by atoms with Crippen LogP contribution in [0.3, 0.4) is 0 Å². The molecule has 1 atom stereocenters. The normalized spacial score (nSPS) is 11.8. The van der Waals surface area contributed by atoms with Crippen LogP contribution in [-0.4, -0.2) is 23.5 Å². The van der Waals surface area contributed by atoms with Crippen LogP contribution in [0.1, 0.15) is 46.3 Å². The fourth-order valence-electron chi connectivity index (χ4n) is 2.44. The third-order valence-corrected chi connectivity index (χ3v) is 4.09. The van der Waals surface area contributed by atoms with Crippen LogP contribution < -0.4 is 5.32 Å². The summed E-state index contributed by atoms with van der Waals surface area (Å²) in [5.74, 6) is -0.662. The Bertz CT molecular complexity index is 690. The van der Waals surface area contributed by atoms with E-state index in [1.807, 2.05) is 0 Å². The number of rotatable bonds is 7. The number of carbonyl (C=O) groups excluding carboxylic acids is 1. The summed E-state index contributed by atoms with van der Waals surface area (Å²) in [7, 11) is 0. The minimum atomic E-state index is -0.940. The highest BCUT2D eigenvalue weighted by atomic mass is 16.4. The summed E-state index contributed by atoms with van der Waals surface area (Å²) in [6.07, 6.45) is 0.998. The Hall–Kier alpha value is -2.62.